The molecule has 3 unspecified atom stereocenters. The molecule has 0 aromatic rings. The molecule has 3 atom stereocenters. The van der Waals surface area contributed by atoms with Gasteiger partial charge in [-0.15, -0.1) is 0 Å². The van der Waals surface area contributed by atoms with E-state index in [0.717, 1.165) is 13.0 Å². The van der Waals surface area contributed by atoms with E-state index >= 15 is 0 Å². The summed E-state index contributed by atoms with van der Waals surface area (Å²) in [6, 6.07) is -0.0722. The molecule has 1 amide bonds. The summed E-state index contributed by atoms with van der Waals surface area (Å²) >= 11 is 0. The van der Waals surface area contributed by atoms with Crippen LogP contribution in [0.2, 0.25) is 0 Å². The van der Waals surface area contributed by atoms with E-state index in [2.05, 4.69) is 10.6 Å². The molecule has 2 fully saturated rings. The summed E-state index contributed by atoms with van der Waals surface area (Å²) in [7, 11) is 0. The molecular formula is C12H20N2O4. The lowest BCUT2D eigenvalue weighted by Gasteiger charge is -2.17. The molecule has 1 aliphatic heterocycles. The van der Waals surface area contributed by atoms with Crippen molar-refractivity contribution in [3.05, 3.63) is 0 Å². The molecule has 2 aliphatic rings. The van der Waals surface area contributed by atoms with Crippen molar-refractivity contribution in [2.75, 3.05) is 26.3 Å². The minimum Gasteiger partial charge on any atom is -0.480 e. The summed E-state index contributed by atoms with van der Waals surface area (Å²) in [5, 5.41) is 14.4. The Bertz CT molecular complexity index is 321. The minimum absolute atomic E-state index is 0.0170. The third-order valence-corrected chi connectivity index (χ3v) is 3.80. The number of aliphatic carboxylic acids is 1. The van der Waals surface area contributed by atoms with Gasteiger partial charge in [0.05, 0.1) is 12.6 Å². The van der Waals surface area contributed by atoms with Crippen LogP contribution >= 0.6 is 0 Å². The minimum atomic E-state index is -0.993. The van der Waals surface area contributed by atoms with Gasteiger partial charge in [-0.1, -0.05) is 6.42 Å². The van der Waals surface area contributed by atoms with E-state index in [-0.39, 0.29) is 25.2 Å². The summed E-state index contributed by atoms with van der Waals surface area (Å²) in [4.78, 5) is 22.1. The van der Waals surface area contributed by atoms with Crippen molar-refractivity contribution in [3.8, 4) is 0 Å². The Morgan fingerprint density at radius 1 is 1.39 bits per heavy atom. The Balaban J connectivity index is 1.64. The predicted octanol–water partition coefficient (Wildman–Crippen LogP) is -0.408. The number of carbonyl (C=O) groups excluding carboxylic acids is 1. The van der Waals surface area contributed by atoms with Crippen molar-refractivity contribution in [2.45, 2.75) is 25.3 Å². The number of rotatable bonds is 6. The van der Waals surface area contributed by atoms with Crippen molar-refractivity contribution in [1.29, 1.82) is 0 Å². The summed E-state index contributed by atoms with van der Waals surface area (Å²) in [6.45, 7) is 1.22. The zero-order chi connectivity index (χ0) is 13.0. The molecule has 2 rings (SSSR count). The molecule has 1 heterocycles. The fraction of sp³-hybridized carbons (Fsp3) is 0.833. The fourth-order valence-corrected chi connectivity index (χ4v) is 2.99. The first-order valence-corrected chi connectivity index (χ1v) is 6.49. The van der Waals surface area contributed by atoms with Gasteiger partial charge in [0.25, 0.3) is 0 Å². The van der Waals surface area contributed by atoms with Gasteiger partial charge in [0.15, 0.2) is 0 Å². The summed E-state index contributed by atoms with van der Waals surface area (Å²) < 4.78 is 4.86. The van der Waals surface area contributed by atoms with E-state index in [1.54, 1.807) is 0 Å². The highest BCUT2D eigenvalue weighted by Gasteiger charge is 2.42. The average Bonchev–Trinajstić information content (AvgIpc) is 2.89. The zero-order valence-corrected chi connectivity index (χ0v) is 10.4. The van der Waals surface area contributed by atoms with Gasteiger partial charge < -0.3 is 20.5 Å². The van der Waals surface area contributed by atoms with Crippen LogP contribution in [0.4, 0.5) is 0 Å². The molecule has 0 radical (unpaired) electrons. The Morgan fingerprint density at radius 3 is 3.00 bits per heavy atom. The Hall–Kier alpha value is -1.14. The second-order valence-electron chi connectivity index (χ2n) is 4.98. The summed E-state index contributed by atoms with van der Waals surface area (Å²) in [5.74, 6) is 0.157. The van der Waals surface area contributed by atoms with E-state index in [1.807, 2.05) is 0 Å². The first-order chi connectivity index (χ1) is 8.68. The maximum Gasteiger partial charge on any atom is 0.329 e. The van der Waals surface area contributed by atoms with Gasteiger partial charge in [-0.2, -0.15) is 0 Å². The zero-order valence-electron chi connectivity index (χ0n) is 10.4. The largest absolute Gasteiger partial charge is 0.480 e. The lowest BCUT2D eigenvalue weighted by atomic mass is 9.94. The number of fused-ring (bicyclic) bond motifs is 1. The van der Waals surface area contributed by atoms with Crippen LogP contribution in [0.5, 0.6) is 0 Å². The van der Waals surface area contributed by atoms with Gasteiger partial charge in [0.2, 0.25) is 5.91 Å². The molecule has 0 spiro atoms. The molecule has 18 heavy (non-hydrogen) atoms. The molecule has 1 aliphatic carbocycles. The monoisotopic (exact) mass is 256 g/mol. The van der Waals surface area contributed by atoms with E-state index in [9.17, 15) is 9.59 Å². The number of nitrogens with one attached hydrogen (secondary N) is 2. The van der Waals surface area contributed by atoms with Crippen LogP contribution in [0, 0.1) is 11.8 Å². The number of hydrogen-bond acceptors (Lipinski definition) is 4. The van der Waals surface area contributed by atoms with E-state index in [0.29, 0.717) is 18.4 Å². The van der Waals surface area contributed by atoms with Gasteiger partial charge >= 0.3 is 5.97 Å². The highest BCUT2D eigenvalue weighted by Crippen LogP contribution is 2.37. The topological polar surface area (TPSA) is 87.7 Å². The lowest BCUT2D eigenvalue weighted by Crippen LogP contribution is -2.44. The molecule has 1 saturated carbocycles. The van der Waals surface area contributed by atoms with E-state index in [1.165, 1.54) is 12.8 Å². The van der Waals surface area contributed by atoms with Crippen LogP contribution < -0.4 is 10.6 Å². The standard InChI is InChI=1S/C12H20N2O4/c15-10(16)7-18-5-4-13-12(17)11-9-3-1-2-8(9)6-14-11/h8-9,11,14H,1-7H2,(H,13,17)(H,15,16). The summed E-state index contributed by atoms with van der Waals surface area (Å²) in [5.41, 5.74) is 0. The first kappa shape index (κ1) is 13.3. The number of ether oxygens (including phenoxy) is 1. The van der Waals surface area contributed by atoms with Crippen molar-refractivity contribution in [1.82, 2.24) is 10.6 Å². The van der Waals surface area contributed by atoms with Crippen LogP contribution in [0.15, 0.2) is 0 Å². The second kappa shape index (κ2) is 6.15. The number of carboxylic acid groups (broad SMARTS) is 1. The third-order valence-electron chi connectivity index (χ3n) is 3.80. The normalized spacial score (nSPS) is 30.1. The van der Waals surface area contributed by atoms with Gasteiger partial charge in [-0.05, 0) is 31.2 Å². The van der Waals surface area contributed by atoms with Crippen molar-refractivity contribution in [2.24, 2.45) is 11.8 Å². The molecule has 102 valence electrons. The van der Waals surface area contributed by atoms with Crippen LogP contribution in [-0.2, 0) is 14.3 Å². The highest BCUT2D eigenvalue weighted by molar-refractivity contribution is 5.82. The van der Waals surface area contributed by atoms with Crippen LogP contribution in [0.3, 0.4) is 0 Å². The van der Waals surface area contributed by atoms with Crippen molar-refractivity contribution >= 4 is 11.9 Å². The quantitative estimate of drug-likeness (QED) is 0.562. The van der Waals surface area contributed by atoms with Crippen LogP contribution in [-0.4, -0.2) is 49.3 Å². The van der Waals surface area contributed by atoms with Crippen molar-refractivity contribution in [3.63, 3.8) is 0 Å². The number of carbonyl (C=O) groups is 2. The number of amides is 1. The average molecular weight is 256 g/mol. The lowest BCUT2D eigenvalue weighted by molar-refractivity contribution is -0.142. The maximum atomic E-state index is 11.9. The second-order valence-corrected chi connectivity index (χ2v) is 4.98. The Kier molecular flexibility index (Phi) is 4.54. The molecule has 6 heteroatoms. The van der Waals surface area contributed by atoms with Gasteiger partial charge in [0, 0.05) is 6.54 Å². The Morgan fingerprint density at radius 2 is 2.22 bits per heavy atom. The molecular weight excluding hydrogens is 236 g/mol. The number of carboxylic acids is 1. The van der Waals surface area contributed by atoms with Gasteiger partial charge in [0.1, 0.15) is 6.61 Å². The molecule has 0 aromatic heterocycles. The smallest absolute Gasteiger partial charge is 0.329 e. The van der Waals surface area contributed by atoms with Crippen molar-refractivity contribution < 1.29 is 19.4 Å². The van der Waals surface area contributed by atoms with E-state index < -0.39 is 5.97 Å². The molecule has 6 nitrogen and oxygen atoms in total. The SMILES string of the molecule is O=C(O)COCCNC(=O)C1NCC2CCCC21. The highest BCUT2D eigenvalue weighted by atomic mass is 16.5. The van der Waals surface area contributed by atoms with Gasteiger partial charge in [-0.25, -0.2) is 4.79 Å². The maximum absolute atomic E-state index is 11.9. The summed E-state index contributed by atoms with van der Waals surface area (Å²) in [6.07, 6.45) is 3.58. The van der Waals surface area contributed by atoms with E-state index in [4.69, 9.17) is 9.84 Å². The fourth-order valence-electron chi connectivity index (χ4n) is 2.99. The predicted molar refractivity (Wildman–Crippen MR) is 64.1 cm³/mol. The number of hydrogen-bond donors (Lipinski definition) is 3. The molecule has 3 N–H and O–H groups in total. The molecule has 1 saturated heterocycles. The molecule has 0 aromatic carbocycles. The Labute approximate surface area is 106 Å². The first-order valence-electron chi connectivity index (χ1n) is 6.49. The third kappa shape index (κ3) is 3.20. The molecule has 0 bridgehead atoms. The van der Waals surface area contributed by atoms with Gasteiger partial charge in [-0.3, -0.25) is 4.79 Å². The van der Waals surface area contributed by atoms with Crippen LogP contribution in [0.1, 0.15) is 19.3 Å². The van der Waals surface area contributed by atoms with Crippen LogP contribution in [0.25, 0.3) is 0 Å².